The third-order valence-corrected chi connectivity index (χ3v) is 8.23. The number of hydrogen-bond donors (Lipinski definition) is 0. The molecule has 0 N–H and O–H groups in total. The maximum Gasteiger partial charge on any atom is 0.357 e. The number of fused-ring (bicyclic) bond motifs is 3. The number of benzene rings is 5. The fourth-order valence-corrected chi connectivity index (χ4v) is 6.32. The molecule has 43 heavy (non-hydrogen) atoms. The van der Waals surface area contributed by atoms with Crippen LogP contribution in [-0.2, 0) is 6.54 Å². The van der Waals surface area contributed by atoms with Gasteiger partial charge >= 0.3 is 16.9 Å². The third kappa shape index (κ3) is 4.17. The van der Waals surface area contributed by atoms with Crippen LogP contribution in [0.4, 0.5) is 0 Å². The van der Waals surface area contributed by atoms with Crippen LogP contribution in [0.1, 0.15) is 32.3 Å². The highest BCUT2D eigenvalue weighted by molar-refractivity contribution is 6.03. The van der Waals surface area contributed by atoms with Crippen molar-refractivity contribution in [1.82, 2.24) is 14.1 Å². The van der Waals surface area contributed by atoms with Crippen molar-refractivity contribution in [3.63, 3.8) is 0 Å². The lowest BCUT2D eigenvalue weighted by atomic mass is 9.96. The molecule has 0 aliphatic carbocycles. The Morgan fingerprint density at radius 3 is 2.16 bits per heavy atom. The molecule has 2 aliphatic heterocycles. The molecule has 0 aromatic heterocycles. The molecule has 0 bridgehead atoms. The molecule has 6 nitrogen and oxygen atoms in total. The van der Waals surface area contributed by atoms with Gasteiger partial charge in [0.25, 0.3) is 0 Å². The fraction of sp³-hybridized carbons (Fsp3) is 0.135. The minimum atomic E-state index is -0.596. The van der Waals surface area contributed by atoms with Crippen molar-refractivity contribution in [2.24, 2.45) is 0 Å². The number of hydrogen-bond acceptors (Lipinski definition) is 3. The number of rotatable bonds is 5. The predicted molar refractivity (Wildman–Crippen MR) is 172 cm³/mol. The van der Waals surface area contributed by atoms with Crippen LogP contribution in [0.25, 0.3) is 55.8 Å². The topological polar surface area (TPSA) is 60.8 Å². The molecular weight excluding hydrogens is 532 g/mol. The van der Waals surface area contributed by atoms with Crippen molar-refractivity contribution < 1.29 is 4.57 Å². The SMILES string of the molecule is CC[n+]1c2c(=O)n(-c3ccccc3C(C)C)c(=O)nc-2n(-c2cccc3cccc(-c4ccccc4)c23)c2ccccc21. The number of nitrogens with zero attached hydrogens (tertiary/aromatic N) is 4. The monoisotopic (exact) mass is 563 g/mol. The van der Waals surface area contributed by atoms with Gasteiger partial charge in [0.05, 0.1) is 11.4 Å². The zero-order valence-corrected chi connectivity index (χ0v) is 24.4. The second kappa shape index (κ2) is 10.5. The van der Waals surface area contributed by atoms with E-state index in [9.17, 15) is 9.59 Å². The average molecular weight is 564 g/mol. The molecule has 2 aliphatic rings. The van der Waals surface area contributed by atoms with Crippen molar-refractivity contribution in [3.8, 4) is 34.0 Å². The Bertz CT molecular complexity index is 2240. The molecular formula is C37H31N4O2+. The summed E-state index contributed by atoms with van der Waals surface area (Å²) in [7, 11) is 0. The summed E-state index contributed by atoms with van der Waals surface area (Å²) < 4.78 is 5.21. The molecule has 2 heterocycles. The molecule has 7 rings (SSSR count). The van der Waals surface area contributed by atoms with Gasteiger partial charge < -0.3 is 0 Å². The van der Waals surface area contributed by atoms with E-state index in [-0.39, 0.29) is 11.5 Å². The highest BCUT2D eigenvalue weighted by Crippen LogP contribution is 2.36. The third-order valence-electron chi connectivity index (χ3n) is 8.23. The Hall–Kier alpha value is -5.36. The second-order valence-electron chi connectivity index (χ2n) is 11.0. The molecule has 5 aromatic carbocycles. The summed E-state index contributed by atoms with van der Waals surface area (Å²) in [6.45, 7) is 6.66. The van der Waals surface area contributed by atoms with Crippen molar-refractivity contribution in [3.05, 3.63) is 142 Å². The highest BCUT2D eigenvalue weighted by Gasteiger charge is 2.33. The van der Waals surface area contributed by atoms with Gasteiger partial charge in [-0.1, -0.05) is 105 Å². The van der Waals surface area contributed by atoms with Gasteiger partial charge in [-0.15, -0.1) is 0 Å². The van der Waals surface area contributed by atoms with E-state index in [1.165, 1.54) is 4.57 Å². The van der Waals surface area contributed by atoms with Crippen molar-refractivity contribution in [2.45, 2.75) is 33.2 Å². The van der Waals surface area contributed by atoms with Gasteiger partial charge in [-0.05, 0) is 53.1 Å². The van der Waals surface area contributed by atoms with Crippen LogP contribution < -0.4 is 15.8 Å². The first-order valence-corrected chi connectivity index (χ1v) is 14.7. The molecule has 0 saturated carbocycles. The normalized spacial score (nSPS) is 11.6. The molecule has 0 unspecified atom stereocenters. The Labute approximate surface area is 249 Å². The first kappa shape index (κ1) is 26.5. The van der Waals surface area contributed by atoms with E-state index in [1.807, 2.05) is 94.9 Å². The van der Waals surface area contributed by atoms with Gasteiger partial charge in [-0.25, -0.2) is 9.36 Å². The molecule has 0 atom stereocenters. The second-order valence-corrected chi connectivity index (χ2v) is 11.0. The minimum Gasteiger partial charge on any atom is -0.282 e. The fourth-order valence-electron chi connectivity index (χ4n) is 6.32. The molecule has 0 radical (unpaired) electrons. The molecule has 6 heteroatoms. The van der Waals surface area contributed by atoms with Crippen molar-refractivity contribution in [1.29, 1.82) is 0 Å². The quantitative estimate of drug-likeness (QED) is 0.169. The van der Waals surface area contributed by atoms with Crippen LogP contribution >= 0.6 is 0 Å². The summed E-state index contributed by atoms with van der Waals surface area (Å²) in [6, 6.07) is 38.3. The van der Waals surface area contributed by atoms with E-state index >= 15 is 0 Å². The first-order valence-electron chi connectivity index (χ1n) is 14.7. The van der Waals surface area contributed by atoms with Crippen LogP contribution in [0.15, 0.2) is 125 Å². The largest absolute Gasteiger partial charge is 0.357 e. The number of aryl methyl sites for hydroxylation is 1. The zero-order valence-electron chi connectivity index (χ0n) is 24.4. The van der Waals surface area contributed by atoms with Crippen LogP contribution in [-0.4, -0.2) is 14.1 Å². The standard InChI is InChI=1S/C37H31N4O2/c1-4-39-30-21-10-11-22-31(30)40(32-23-13-17-26-16-12-19-28(33(26)32)25-14-6-5-7-15-25)35-34(39)36(42)41(37(43)38-35)29-20-9-8-18-27(29)24(2)3/h5-24H,4H2,1-3H3/q+1. The van der Waals surface area contributed by atoms with Crippen molar-refractivity contribution in [2.75, 3.05) is 0 Å². The molecule has 0 saturated heterocycles. The molecule has 210 valence electrons. The number of aromatic nitrogens is 4. The van der Waals surface area contributed by atoms with Gasteiger partial charge in [0, 0.05) is 11.5 Å². The lowest BCUT2D eigenvalue weighted by Gasteiger charge is -2.21. The molecule has 0 amide bonds. The lowest BCUT2D eigenvalue weighted by molar-refractivity contribution is -0.658. The van der Waals surface area contributed by atoms with Gasteiger partial charge in [0.2, 0.25) is 11.3 Å². The van der Waals surface area contributed by atoms with E-state index in [2.05, 4.69) is 50.2 Å². The van der Waals surface area contributed by atoms with Crippen LogP contribution in [0, 0.1) is 0 Å². The van der Waals surface area contributed by atoms with Gasteiger partial charge in [-0.3, -0.25) is 9.36 Å². The molecule has 5 aromatic rings. The van der Waals surface area contributed by atoms with E-state index < -0.39 is 5.69 Å². The van der Waals surface area contributed by atoms with Crippen LogP contribution in [0.2, 0.25) is 0 Å². The Balaban J connectivity index is 1.68. The van der Waals surface area contributed by atoms with Crippen molar-refractivity contribution >= 4 is 21.8 Å². The van der Waals surface area contributed by atoms with Crippen LogP contribution in [0.5, 0.6) is 0 Å². The van der Waals surface area contributed by atoms with Crippen LogP contribution in [0.3, 0.4) is 0 Å². The summed E-state index contributed by atoms with van der Waals surface area (Å²) in [6.07, 6.45) is 0. The minimum absolute atomic E-state index is 0.116. The van der Waals surface area contributed by atoms with Gasteiger partial charge in [-0.2, -0.15) is 9.55 Å². The Kier molecular flexibility index (Phi) is 6.47. The predicted octanol–water partition coefficient (Wildman–Crippen LogP) is 6.89. The number of para-hydroxylation sites is 3. The first-order chi connectivity index (χ1) is 21.0. The maximum absolute atomic E-state index is 14.6. The zero-order chi connectivity index (χ0) is 29.7. The average Bonchev–Trinajstić information content (AvgIpc) is 3.04. The highest BCUT2D eigenvalue weighted by atomic mass is 16.2. The van der Waals surface area contributed by atoms with E-state index in [1.54, 1.807) is 0 Å². The van der Waals surface area contributed by atoms with Gasteiger partial charge in [0.1, 0.15) is 12.1 Å². The summed E-state index contributed by atoms with van der Waals surface area (Å²) in [4.78, 5) is 33.2. The van der Waals surface area contributed by atoms with Gasteiger partial charge in [0.15, 0.2) is 0 Å². The summed E-state index contributed by atoms with van der Waals surface area (Å²) in [5, 5.41) is 2.07. The van der Waals surface area contributed by atoms with E-state index in [0.717, 1.165) is 44.2 Å². The lowest BCUT2D eigenvalue weighted by Crippen LogP contribution is -2.48. The van der Waals surface area contributed by atoms with E-state index in [4.69, 9.17) is 4.98 Å². The molecule has 0 spiro atoms. The smallest absolute Gasteiger partial charge is 0.282 e. The summed E-state index contributed by atoms with van der Waals surface area (Å²) in [5.74, 6) is 0.453. The Morgan fingerprint density at radius 1 is 0.721 bits per heavy atom. The maximum atomic E-state index is 14.6. The summed E-state index contributed by atoms with van der Waals surface area (Å²) in [5.41, 5.74) is 5.63. The molecule has 0 fully saturated rings. The summed E-state index contributed by atoms with van der Waals surface area (Å²) >= 11 is 0. The Morgan fingerprint density at radius 2 is 1.40 bits per heavy atom. The van der Waals surface area contributed by atoms with E-state index in [0.29, 0.717) is 23.8 Å².